The van der Waals surface area contributed by atoms with E-state index in [1.807, 2.05) is 60.7 Å². The van der Waals surface area contributed by atoms with E-state index in [4.69, 9.17) is 9.72 Å². The highest BCUT2D eigenvalue weighted by Gasteiger charge is 2.29. The molecule has 3 heterocycles. The molecule has 1 saturated heterocycles. The maximum Gasteiger partial charge on any atom is 0.339 e. The third kappa shape index (κ3) is 4.85. The molecule has 9 nitrogen and oxygen atoms in total. The van der Waals surface area contributed by atoms with Crippen molar-refractivity contribution in [1.82, 2.24) is 20.1 Å². The molecule has 1 aliphatic heterocycles. The highest BCUT2D eigenvalue weighted by atomic mass is 32.2. The molecule has 184 valence electrons. The number of aryl methyl sites for hydroxylation is 1. The summed E-state index contributed by atoms with van der Waals surface area (Å²) in [5, 5.41) is 7.79. The number of fused-ring (bicyclic) bond motifs is 1. The van der Waals surface area contributed by atoms with Crippen LogP contribution in [0.15, 0.2) is 66.7 Å². The minimum atomic E-state index is -3.13. The quantitative estimate of drug-likeness (QED) is 0.401. The molecule has 10 heteroatoms. The van der Waals surface area contributed by atoms with Gasteiger partial charge in [0.05, 0.1) is 39.5 Å². The summed E-state index contributed by atoms with van der Waals surface area (Å²) in [7, 11) is -3.13. The number of aromatic nitrogens is 3. The lowest BCUT2D eigenvalue weighted by molar-refractivity contribution is -0.124. The number of para-hydroxylation sites is 1. The molecule has 4 aromatic rings. The lowest BCUT2D eigenvalue weighted by Crippen LogP contribution is -2.38. The molecule has 0 saturated carbocycles. The summed E-state index contributed by atoms with van der Waals surface area (Å²) in [5.74, 6) is -1.30. The van der Waals surface area contributed by atoms with Crippen LogP contribution in [0, 0.1) is 6.92 Å². The van der Waals surface area contributed by atoms with Crippen molar-refractivity contribution in [3.63, 3.8) is 0 Å². The number of benzene rings is 2. The number of rotatable bonds is 6. The predicted octanol–water partition coefficient (Wildman–Crippen LogP) is 2.86. The van der Waals surface area contributed by atoms with Gasteiger partial charge < -0.3 is 10.1 Å². The smallest absolute Gasteiger partial charge is 0.339 e. The van der Waals surface area contributed by atoms with Crippen LogP contribution in [0.4, 0.5) is 0 Å². The second-order valence-electron chi connectivity index (χ2n) is 8.70. The van der Waals surface area contributed by atoms with Crippen molar-refractivity contribution in [2.24, 2.45) is 0 Å². The summed E-state index contributed by atoms with van der Waals surface area (Å²) in [5.41, 5.74) is 3.49. The first kappa shape index (κ1) is 23.7. The summed E-state index contributed by atoms with van der Waals surface area (Å²) >= 11 is 0. The molecule has 1 N–H and O–H groups in total. The Hall–Kier alpha value is -4.05. The highest BCUT2D eigenvalue weighted by molar-refractivity contribution is 7.91. The fraction of sp³-hybridized carbons (Fsp3) is 0.231. The zero-order chi connectivity index (χ0) is 25.3. The Morgan fingerprint density at radius 1 is 1.08 bits per heavy atom. The Kier molecular flexibility index (Phi) is 6.27. The van der Waals surface area contributed by atoms with Gasteiger partial charge in [-0.05, 0) is 31.5 Å². The predicted molar refractivity (Wildman–Crippen MR) is 135 cm³/mol. The molecule has 0 spiro atoms. The summed E-state index contributed by atoms with van der Waals surface area (Å²) < 4.78 is 30.3. The fourth-order valence-electron chi connectivity index (χ4n) is 4.34. The van der Waals surface area contributed by atoms with Crippen molar-refractivity contribution in [3.8, 4) is 16.9 Å². The van der Waals surface area contributed by atoms with E-state index in [1.165, 1.54) is 0 Å². The molecule has 1 fully saturated rings. The number of pyridine rings is 1. The first-order valence-electron chi connectivity index (χ1n) is 11.5. The van der Waals surface area contributed by atoms with E-state index in [-0.39, 0.29) is 17.1 Å². The van der Waals surface area contributed by atoms with Gasteiger partial charge in [0.2, 0.25) is 0 Å². The van der Waals surface area contributed by atoms with E-state index in [2.05, 4.69) is 10.4 Å². The number of carbonyl (C=O) groups is 2. The largest absolute Gasteiger partial charge is 0.452 e. The fourth-order valence-corrected chi connectivity index (χ4v) is 6.02. The molecule has 36 heavy (non-hydrogen) atoms. The number of esters is 1. The zero-order valence-corrected chi connectivity index (χ0v) is 20.4. The second kappa shape index (κ2) is 9.54. The Bertz CT molecular complexity index is 1550. The van der Waals surface area contributed by atoms with Crippen molar-refractivity contribution < 1.29 is 22.7 Å². The van der Waals surface area contributed by atoms with E-state index >= 15 is 0 Å². The van der Waals surface area contributed by atoms with Crippen molar-refractivity contribution >= 4 is 32.7 Å². The first-order valence-corrected chi connectivity index (χ1v) is 13.3. The van der Waals surface area contributed by atoms with Gasteiger partial charge in [-0.15, -0.1) is 0 Å². The molecule has 0 aliphatic carbocycles. The second-order valence-corrected chi connectivity index (χ2v) is 10.9. The van der Waals surface area contributed by atoms with Crippen LogP contribution in [0.2, 0.25) is 0 Å². The Balaban J connectivity index is 1.48. The molecule has 0 bridgehead atoms. The van der Waals surface area contributed by atoms with Gasteiger partial charge in [0.15, 0.2) is 22.1 Å². The molecule has 2 aromatic carbocycles. The average molecular weight is 505 g/mol. The molecule has 1 atom stereocenters. The van der Waals surface area contributed by atoms with E-state index in [0.29, 0.717) is 28.8 Å². The van der Waals surface area contributed by atoms with Gasteiger partial charge in [-0.1, -0.05) is 48.5 Å². The maximum atomic E-state index is 13.2. The molecular formula is C26H24N4O5S. The standard InChI is InChI=1S/C26H24N4O5S/c1-17-24-21(26(32)35-15-23(31)27-19-12-13-36(33,34)16-19)14-22(18-8-4-2-5-9-18)28-25(24)30(29-17)20-10-6-3-7-11-20/h2-11,14,19H,12-13,15-16H2,1H3,(H,27,31)/t19-/m0/s1. The van der Waals surface area contributed by atoms with Crippen molar-refractivity contribution in [3.05, 3.63) is 78.0 Å². The monoisotopic (exact) mass is 504 g/mol. The number of nitrogens with one attached hydrogen (secondary N) is 1. The molecule has 1 amide bonds. The Morgan fingerprint density at radius 2 is 1.78 bits per heavy atom. The van der Waals surface area contributed by atoms with Gasteiger partial charge in [-0.25, -0.2) is 22.9 Å². The minimum absolute atomic E-state index is 0.0413. The van der Waals surface area contributed by atoms with Crippen LogP contribution in [0.1, 0.15) is 22.5 Å². The van der Waals surface area contributed by atoms with Crippen molar-refractivity contribution in [2.45, 2.75) is 19.4 Å². The summed E-state index contributed by atoms with van der Waals surface area (Å²) in [6.07, 6.45) is 0.352. The first-order chi connectivity index (χ1) is 17.3. The summed E-state index contributed by atoms with van der Waals surface area (Å²) in [4.78, 5) is 30.4. The molecular weight excluding hydrogens is 480 g/mol. The van der Waals surface area contributed by atoms with Gasteiger partial charge in [0.1, 0.15) is 0 Å². The van der Waals surface area contributed by atoms with Crippen LogP contribution in [0.5, 0.6) is 0 Å². The molecule has 2 aromatic heterocycles. The molecule has 0 radical (unpaired) electrons. The summed E-state index contributed by atoms with van der Waals surface area (Å²) in [6.45, 7) is 1.27. The van der Waals surface area contributed by atoms with Crippen LogP contribution < -0.4 is 5.32 Å². The normalized spacial score (nSPS) is 16.6. The third-order valence-corrected chi connectivity index (χ3v) is 7.80. The van der Waals surface area contributed by atoms with Gasteiger partial charge in [-0.3, -0.25) is 4.79 Å². The van der Waals surface area contributed by atoms with Gasteiger partial charge in [0.25, 0.3) is 5.91 Å². The van der Waals surface area contributed by atoms with Crippen LogP contribution >= 0.6 is 0 Å². The van der Waals surface area contributed by atoms with E-state index in [9.17, 15) is 18.0 Å². The Morgan fingerprint density at radius 3 is 2.44 bits per heavy atom. The van der Waals surface area contributed by atoms with Gasteiger partial charge in [0, 0.05) is 11.6 Å². The average Bonchev–Trinajstić information content (AvgIpc) is 3.41. The SMILES string of the molecule is Cc1nn(-c2ccccc2)c2nc(-c3ccccc3)cc(C(=O)OCC(=O)N[C@H]3CCS(=O)(=O)C3)c12. The summed E-state index contributed by atoms with van der Waals surface area (Å²) in [6, 6.07) is 20.1. The van der Waals surface area contributed by atoms with E-state index < -0.39 is 34.4 Å². The van der Waals surface area contributed by atoms with Crippen LogP contribution in [-0.2, 0) is 19.4 Å². The van der Waals surface area contributed by atoms with Crippen molar-refractivity contribution in [1.29, 1.82) is 0 Å². The van der Waals surface area contributed by atoms with Crippen molar-refractivity contribution in [2.75, 3.05) is 18.1 Å². The highest BCUT2D eigenvalue weighted by Crippen LogP contribution is 2.29. The molecule has 1 aliphatic rings. The number of nitrogens with zero attached hydrogens (tertiary/aromatic N) is 3. The van der Waals surface area contributed by atoms with E-state index in [0.717, 1.165) is 11.3 Å². The number of sulfone groups is 1. The Labute approximate surface area is 208 Å². The topological polar surface area (TPSA) is 120 Å². The van der Waals surface area contributed by atoms with E-state index in [1.54, 1.807) is 17.7 Å². The lowest BCUT2D eigenvalue weighted by atomic mass is 10.1. The van der Waals surface area contributed by atoms with Gasteiger partial charge in [-0.2, -0.15) is 5.10 Å². The molecule has 5 rings (SSSR count). The molecule has 0 unspecified atom stereocenters. The number of carbonyl (C=O) groups excluding carboxylic acids is 2. The van der Waals surface area contributed by atoms with Gasteiger partial charge >= 0.3 is 5.97 Å². The number of amides is 1. The lowest BCUT2D eigenvalue weighted by Gasteiger charge is -2.12. The third-order valence-electron chi connectivity index (χ3n) is 6.03. The number of ether oxygens (including phenoxy) is 1. The maximum absolute atomic E-state index is 13.2. The minimum Gasteiger partial charge on any atom is -0.452 e. The number of hydrogen-bond acceptors (Lipinski definition) is 7. The number of hydrogen-bond donors (Lipinski definition) is 1. The van der Waals surface area contributed by atoms with Crippen LogP contribution in [0.3, 0.4) is 0 Å². The zero-order valence-electron chi connectivity index (χ0n) is 19.5. The van der Waals surface area contributed by atoms with Crippen LogP contribution in [0.25, 0.3) is 28.0 Å². The van der Waals surface area contributed by atoms with Crippen LogP contribution in [-0.4, -0.2) is 59.2 Å².